The Labute approximate surface area is 186 Å². The summed E-state index contributed by atoms with van der Waals surface area (Å²) in [4.78, 5) is 23.5. The minimum Gasteiger partial charge on any atom is -0.337 e. The summed E-state index contributed by atoms with van der Waals surface area (Å²) in [5.74, 6) is -0.408. The van der Waals surface area contributed by atoms with Crippen molar-refractivity contribution >= 4 is 5.91 Å². The van der Waals surface area contributed by atoms with Crippen LogP contribution in [0.3, 0.4) is 0 Å². The maximum absolute atomic E-state index is 13.4. The normalized spacial score (nSPS) is 10.8. The van der Waals surface area contributed by atoms with Gasteiger partial charge in [-0.05, 0) is 49.7 Å². The van der Waals surface area contributed by atoms with Gasteiger partial charge in [0.25, 0.3) is 5.91 Å². The van der Waals surface area contributed by atoms with Crippen molar-refractivity contribution in [3.8, 4) is 22.5 Å². The van der Waals surface area contributed by atoms with E-state index in [-0.39, 0.29) is 11.7 Å². The molecule has 32 heavy (non-hydrogen) atoms. The van der Waals surface area contributed by atoms with Gasteiger partial charge in [0.2, 0.25) is 0 Å². The van der Waals surface area contributed by atoms with Crippen LogP contribution in [0, 0.1) is 12.7 Å². The second-order valence-corrected chi connectivity index (χ2v) is 7.50. The molecule has 6 nitrogen and oxygen atoms in total. The van der Waals surface area contributed by atoms with E-state index >= 15 is 0 Å². The number of hydrogen-bond donors (Lipinski definition) is 0. The number of amides is 1. The monoisotopic (exact) mass is 429 g/mol. The summed E-state index contributed by atoms with van der Waals surface area (Å²) in [6, 6.07) is 14.5. The summed E-state index contributed by atoms with van der Waals surface area (Å²) in [7, 11) is 0. The van der Waals surface area contributed by atoms with Gasteiger partial charge in [-0.15, -0.1) is 0 Å². The smallest absolute Gasteiger partial charge is 0.254 e. The Morgan fingerprint density at radius 3 is 2.69 bits per heavy atom. The minimum absolute atomic E-state index is 0.0253. The van der Waals surface area contributed by atoms with Gasteiger partial charge in [0.1, 0.15) is 11.5 Å². The molecule has 3 aromatic heterocycles. The molecule has 162 valence electrons. The Kier molecular flexibility index (Phi) is 6.35. The zero-order valence-corrected chi connectivity index (χ0v) is 18.1. The van der Waals surface area contributed by atoms with Crippen LogP contribution in [0.15, 0.2) is 73.3 Å². The zero-order chi connectivity index (χ0) is 22.5. The lowest BCUT2D eigenvalue weighted by Gasteiger charge is -2.22. The third-order valence-corrected chi connectivity index (χ3v) is 5.28. The number of likely N-dealkylation sites (N-methyl/N-ethyl adjacent to an activating group) is 1. The molecule has 0 saturated heterocycles. The van der Waals surface area contributed by atoms with Gasteiger partial charge in [-0.2, -0.15) is 5.10 Å². The predicted molar refractivity (Wildman–Crippen MR) is 121 cm³/mol. The number of halogens is 1. The quantitative estimate of drug-likeness (QED) is 0.430. The van der Waals surface area contributed by atoms with Gasteiger partial charge in [0, 0.05) is 42.8 Å². The molecule has 0 radical (unpaired) electrons. The summed E-state index contributed by atoms with van der Waals surface area (Å²) in [6.45, 7) is 5.57. The van der Waals surface area contributed by atoms with Gasteiger partial charge in [0.15, 0.2) is 0 Å². The van der Waals surface area contributed by atoms with E-state index in [0.717, 1.165) is 16.7 Å². The number of carbonyl (C=O) groups is 1. The molecule has 0 saturated carbocycles. The molecule has 0 fully saturated rings. The molecule has 0 aliphatic rings. The van der Waals surface area contributed by atoms with E-state index < -0.39 is 0 Å². The van der Waals surface area contributed by atoms with Crippen molar-refractivity contribution in [2.45, 2.75) is 20.4 Å². The Morgan fingerprint density at radius 2 is 1.97 bits per heavy atom. The molecule has 1 aromatic carbocycles. The first kappa shape index (κ1) is 21.4. The number of pyridine rings is 2. The van der Waals surface area contributed by atoms with Gasteiger partial charge in [-0.25, -0.2) is 4.39 Å². The van der Waals surface area contributed by atoms with E-state index in [1.165, 1.54) is 12.3 Å². The summed E-state index contributed by atoms with van der Waals surface area (Å²) in [5.41, 5.74) is 4.75. The van der Waals surface area contributed by atoms with E-state index in [2.05, 4.69) is 15.1 Å². The average Bonchev–Trinajstić information content (AvgIpc) is 3.29. The minimum atomic E-state index is -0.382. The molecule has 1 amide bonds. The molecule has 0 atom stereocenters. The molecule has 0 bridgehead atoms. The zero-order valence-electron chi connectivity index (χ0n) is 18.1. The number of hydrogen-bond acceptors (Lipinski definition) is 4. The Morgan fingerprint density at radius 1 is 1.09 bits per heavy atom. The van der Waals surface area contributed by atoms with Crippen molar-refractivity contribution < 1.29 is 9.18 Å². The van der Waals surface area contributed by atoms with Gasteiger partial charge < -0.3 is 4.90 Å². The van der Waals surface area contributed by atoms with E-state index in [1.807, 2.05) is 61.3 Å². The lowest BCUT2D eigenvalue weighted by atomic mass is 9.98. The molecule has 0 aliphatic heterocycles. The molecule has 0 N–H and O–H groups in total. The third kappa shape index (κ3) is 4.72. The third-order valence-electron chi connectivity index (χ3n) is 5.28. The van der Waals surface area contributed by atoms with Crippen molar-refractivity contribution in [2.24, 2.45) is 0 Å². The second-order valence-electron chi connectivity index (χ2n) is 7.50. The van der Waals surface area contributed by atoms with Gasteiger partial charge in [-0.1, -0.05) is 23.8 Å². The molecule has 3 heterocycles. The van der Waals surface area contributed by atoms with Crippen LogP contribution in [0.4, 0.5) is 4.39 Å². The van der Waals surface area contributed by atoms with Crippen LogP contribution < -0.4 is 0 Å². The number of rotatable bonds is 7. The second kappa shape index (κ2) is 9.51. The highest BCUT2D eigenvalue weighted by molar-refractivity contribution is 6.01. The van der Waals surface area contributed by atoms with Crippen LogP contribution in [0.1, 0.15) is 22.8 Å². The van der Waals surface area contributed by atoms with Crippen LogP contribution in [0.5, 0.6) is 0 Å². The molecule has 0 unspecified atom stereocenters. The molecule has 7 heteroatoms. The lowest BCUT2D eigenvalue weighted by molar-refractivity contribution is 0.0758. The molecule has 4 rings (SSSR count). The van der Waals surface area contributed by atoms with Crippen LogP contribution in [-0.2, 0) is 6.54 Å². The molecule has 0 spiro atoms. The Hall–Kier alpha value is -3.87. The highest BCUT2D eigenvalue weighted by atomic mass is 19.1. The SMILES string of the molecule is CCN(CCn1ccc(-c2ccc(F)cn2)n1)C(=O)c1cc(C)ccc1-c1cccnc1. The summed E-state index contributed by atoms with van der Waals surface area (Å²) in [5, 5.41) is 4.51. The summed E-state index contributed by atoms with van der Waals surface area (Å²) >= 11 is 0. The molecular formula is C25H24FN5O. The summed E-state index contributed by atoms with van der Waals surface area (Å²) < 4.78 is 14.9. The van der Waals surface area contributed by atoms with Crippen molar-refractivity contribution in [2.75, 3.05) is 13.1 Å². The first-order valence-electron chi connectivity index (χ1n) is 10.5. The highest BCUT2D eigenvalue weighted by Crippen LogP contribution is 2.25. The number of aromatic nitrogens is 4. The standard InChI is InChI=1S/C25H24FN5O/c1-3-30(13-14-31-12-10-24(29-31)23-9-7-20(26)17-28-23)25(32)22-15-18(2)6-8-21(22)19-5-4-11-27-16-19/h4-12,15-17H,3,13-14H2,1-2H3. The molecular weight excluding hydrogens is 405 g/mol. The topological polar surface area (TPSA) is 63.9 Å². The number of carbonyl (C=O) groups excluding carboxylic acids is 1. The average molecular weight is 429 g/mol. The van der Waals surface area contributed by atoms with Crippen LogP contribution >= 0.6 is 0 Å². The predicted octanol–water partition coefficient (Wildman–Crippen LogP) is 4.62. The van der Waals surface area contributed by atoms with Crippen LogP contribution in [0.2, 0.25) is 0 Å². The van der Waals surface area contributed by atoms with Gasteiger partial charge in [0.05, 0.1) is 18.4 Å². The fourth-order valence-corrected chi connectivity index (χ4v) is 3.56. The van der Waals surface area contributed by atoms with Gasteiger partial charge in [-0.3, -0.25) is 19.4 Å². The fourth-order valence-electron chi connectivity index (χ4n) is 3.56. The van der Waals surface area contributed by atoms with Crippen molar-refractivity contribution in [1.29, 1.82) is 0 Å². The lowest BCUT2D eigenvalue weighted by Crippen LogP contribution is -2.34. The van der Waals surface area contributed by atoms with Crippen molar-refractivity contribution in [3.63, 3.8) is 0 Å². The Balaban J connectivity index is 1.51. The number of aryl methyl sites for hydroxylation is 1. The first-order valence-corrected chi connectivity index (χ1v) is 10.5. The summed E-state index contributed by atoms with van der Waals surface area (Å²) in [6.07, 6.45) is 6.50. The fraction of sp³-hybridized carbons (Fsp3) is 0.200. The highest BCUT2D eigenvalue weighted by Gasteiger charge is 2.19. The van der Waals surface area contributed by atoms with Crippen LogP contribution in [-0.4, -0.2) is 43.6 Å². The maximum atomic E-state index is 13.4. The van der Waals surface area contributed by atoms with Crippen molar-refractivity contribution in [1.82, 2.24) is 24.6 Å². The van der Waals surface area contributed by atoms with Crippen molar-refractivity contribution in [3.05, 3.63) is 90.3 Å². The molecule has 4 aromatic rings. The van der Waals surface area contributed by atoms with E-state index in [9.17, 15) is 9.18 Å². The van der Waals surface area contributed by atoms with E-state index in [1.54, 1.807) is 23.1 Å². The van der Waals surface area contributed by atoms with Gasteiger partial charge >= 0.3 is 0 Å². The number of nitrogens with zero attached hydrogens (tertiary/aromatic N) is 5. The number of benzene rings is 1. The first-order chi connectivity index (χ1) is 15.5. The van der Waals surface area contributed by atoms with Crippen LogP contribution in [0.25, 0.3) is 22.5 Å². The molecule has 0 aliphatic carbocycles. The largest absolute Gasteiger partial charge is 0.337 e. The Bertz CT molecular complexity index is 1200. The maximum Gasteiger partial charge on any atom is 0.254 e. The van der Waals surface area contributed by atoms with E-state index in [0.29, 0.717) is 36.6 Å². The van der Waals surface area contributed by atoms with E-state index in [4.69, 9.17) is 0 Å².